The van der Waals surface area contributed by atoms with Crippen LogP contribution in [0.25, 0.3) is 0 Å². The monoisotopic (exact) mass is 382 g/mol. The number of ether oxygens (including phenoxy) is 1. The molecule has 0 bridgehead atoms. The molecule has 7 heteroatoms. The van der Waals surface area contributed by atoms with E-state index in [4.69, 9.17) is 4.74 Å². The van der Waals surface area contributed by atoms with Gasteiger partial charge < -0.3 is 10.1 Å². The van der Waals surface area contributed by atoms with E-state index in [1.165, 1.54) is 19.1 Å². The van der Waals surface area contributed by atoms with Crippen LogP contribution in [0.4, 0.5) is 4.79 Å². The van der Waals surface area contributed by atoms with E-state index in [0.717, 1.165) is 5.56 Å². The summed E-state index contributed by atoms with van der Waals surface area (Å²) in [6.45, 7) is 5.31. The van der Waals surface area contributed by atoms with Gasteiger partial charge >= 0.3 is 12.0 Å². The molecule has 3 amide bonds. The summed E-state index contributed by atoms with van der Waals surface area (Å²) in [4.78, 5) is 48.7. The molecule has 0 saturated carbocycles. The van der Waals surface area contributed by atoms with Gasteiger partial charge in [-0.25, -0.2) is 9.59 Å². The fraction of sp³-hybridized carbons (Fsp3) is 0.238. The number of carbonyl (C=O) groups excluding carboxylic acids is 4. The first-order valence-corrected chi connectivity index (χ1v) is 8.83. The Hall–Kier alpha value is -3.48. The molecule has 28 heavy (non-hydrogen) atoms. The summed E-state index contributed by atoms with van der Waals surface area (Å²) >= 11 is 0. The van der Waals surface area contributed by atoms with Crippen molar-refractivity contribution in [3.63, 3.8) is 0 Å². The lowest BCUT2D eigenvalue weighted by Crippen LogP contribution is -2.44. The van der Waals surface area contributed by atoms with Crippen molar-refractivity contribution in [2.75, 3.05) is 6.54 Å². The molecule has 0 spiro atoms. The zero-order chi connectivity index (χ0) is 20.7. The number of imide groups is 1. The third-order valence-electron chi connectivity index (χ3n) is 3.93. The van der Waals surface area contributed by atoms with Gasteiger partial charge in [0.25, 0.3) is 5.91 Å². The first kappa shape index (κ1) is 20.8. The summed E-state index contributed by atoms with van der Waals surface area (Å²) in [6, 6.07) is 12.5. The van der Waals surface area contributed by atoms with E-state index in [2.05, 4.69) is 10.6 Å². The number of rotatable bonds is 6. The lowest BCUT2D eigenvalue weighted by Gasteiger charge is -2.14. The molecule has 2 aromatic rings. The summed E-state index contributed by atoms with van der Waals surface area (Å²) in [5.41, 5.74) is 1.67. The second-order valence-electron chi connectivity index (χ2n) is 6.14. The van der Waals surface area contributed by atoms with Crippen LogP contribution in [0.15, 0.2) is 48.5 Å². The first-order chi connectivity index (χ1) is 13.3. The molecule has 1 unspecified atom stereocenters. The molecule has 0 saturated heterocycles. The molecule has 0 heterocycles. The molecule has 0 fully saturated rings. The van der Waals surface area contributed by atoms with Gasteiger partial charge in [0.15, 0.2) is 11.9 Å². The van der Waals surface area contributed by atoms with E-state index in [0.29, 0.717) is 12.1 Å². The van der Waals surface area contributed by atoms with Crippen LogP contribution < -0.4 is 10.6 Å². The number of urea groups is 1. The zero-order valence-corrected chi connectivity index (χ0v) is 15.9. The second kappa shape index (κ2) is 9.45. The Labute approximate surface area is 163 Å². The van der Waals surface area contributed by atoms with Gasteiger partial charge in [-0.05, 0) is 26.8 Å². The van der Waals surface area contributed by atoms with Gasteiger partial charge in [-0.2, -0.15) is 0 Å². The molecule has 2 aromatic carbocycles. The number of carbonyl (C=O) groups is 4. The summed E-state index contributed by atoms with van der Waals surface area (Å²) in [5.74, 6) is -1.91. The zero-order valence-electron chi connectivity index (χ0n) is 15.9. The third-order valence-corrected chi connectivity index (χ3v) is 3.93. The number of amides is 3. The number of ketones is 1. The largest absolute Gasteiger partial charge is 0.449 e. The average molecular weight is 382 g/mol. The first-order valence-electron chi connectivity index (χ1n) is 8.83. The summed E-state index contributed by atoms with van der Waals surface area (Å²) in [7, 11) is 0. The predicted octanol–water partition coefficient (Wildman–Crippen LogP) is 2.62. The Balaban J connectivity index is 2.16. The normalized spacial score (nSPS) is 11.2. The molecule has 1 atom stereocenters. The number of aryl methyl sites for hydroxylation is 1. The topological polar surface area (TPSA) is 102 Å². The highest BCUT2D eigenvalue weighted by Crippen LogP contribution is 2.17. The minimum atomic E-state index is -1.21. The maximum absolute atomic E-state index is 12.8. The van der Waals surface area contributed by atoms with Crippen LogP contribution in [0.2, 0.25) is 0 Å². The van der Waals surface area contributed by atoms with Gasteiger partial charge in [-0.3, -0.25) is 14.9 Å². The van der Waals surface area contributed by atoms with Crippen LogP contribution in [0.5, 0.6) is 0 Å². The van der Waals surface area contributed by atoms with Crippen molar-refractivity contribution >= 4 is 23.7 Å². The van der Waals surface area contributed by atoms with Crippen molar-refractivity contribution in [3.05, 3.63) is 70.8 Å². The van der Waals surface area contributed by atoms with Gasteiger partial charge in [0.05, 0.1) is 5.56 Å². The van der Waals surface area contributed by atoms with Crippen LogP contribution in [0, 0.1) is 6.92 Å². The fourth-order valence-corrected chi connectivity index (χ4v) is 2.42. The summed E-state index contributed by atoms with van der Waals surface area (Å²) in [5, 5.41) is 4.48. The van der Waals surface area contributed by atoms with E-state index in [1.54, 1.807) is 31.2 Å². The summed E-state index contributed by atoms with van der Waals surface area (Å²) in [6.07, 6.45) is -1.21. The fourth-order valence-electron chi connectivity index (χ4n) is 2.42. The van der Waals surface area contributed by atoms with Crippen molar-refractivity contribution in [2.24, 2.45) is 0 Å². The molecular weight excluding hydrogens is 360 g/mol. The molecule has 0 aliphatic carbocycles. The Kier molecular flexibility index (Phi) is 7.03. The van der Waals surface area contributed by atoms with E-state index < -0.39 is 24.0 Å². The predicted molar refractivity (Wildman–Crippen MR) is 103 cm³/mol. The van der Waals surface area contributed by atoms with Crippen LogP contribution in [0.3, 0.4) is 0 Å². The molecule has 2 N–H and O–H groups in total. The Bertz CT molecular complexity index is 890. The minimum absolute atomic E-state index is 0.0470. The maximum Gasteiger partial charge on any atom is 0.339 e. The Morgan fingerprint density at radius 2 is 1.57 bits per heavy atom. The Morgan fingerprint density at radius 1 is 0.964 bits per heavy atom. The highest BCUT2D eigenvalue weighted by Gasteiger charge is 2.24. The van der Waals surface area contributed by atoms with Gasteiger partial charge in [0.2, 0.25) is 0 Å². The average Bonchev–Trinajstić information content (AvgIpc) is 2.68. The highest BCUT2D eigenvalue weighted by atomic mass is 16.5. The second-order valence-corrected chi connectivity index (χ2v) is 6.14. The van der Waals surface area contributed by atoms with Crippen LogP contribution in [-0.2, 0) is 9.53 Å². The van der Waals surface area contributed by atoms with E-state index >= 15 is 0 Å². The van der Waals surface area contributed by atoms with Crippen molar-refractivity contribution in [1.29, 1.82) is 0 Å². The van der Waals surface area contributed by atoms with Crippen molar-refractivity contribution in [2.45, 2.75) is 26.9 Å². The smallest absolute Gasteiger partial charge is 0.339 e. The quantitative estimate of drug-likeness (QED) is 0.591. The van der Waals surface area contributed by atoms with Gasteiger partial charge in [0, 0.05) is 17.7 Å². The Morgan fingerprint density at radius 3 is 2.18 bits per heavy atom. The molecule has 146 valence electrons. The maximum atomic E-state index is 12.8. The minimum Gasteiger partial charge on any atom is -0.449 e. The number of esters is 1. The standard InChI is InChI=1S/C21H22N2O5/c1-4-22-21(27)23-19(25)14(3)28-20(26)17-8-6-5-7-16(17)18(24)15-11-9-13(2)10-12-15/h5-12,14H,4H2,1-3H3,(H2,22,23,25,27). The molecular formula is C21H22N2O5. The van der Waals surface area contributed by atoms with Gasteiger partial charge in [-0.1, -0.05) is 48.0 Å². The van der Waals surface area contributed by atoms with Gasteiger partial charge in [-0.15, -0.1) is 0 Å². The van der Waals surface area contributed by atoms with Crippen molar-refractivity contribution < 1.29 is 23.9 Å². The number of benzene rings is 2. The molecule has 0 radical (unpaired) electrons. The summed E-state index contributed by atoms with van der Waals surface area (Å²) < 4.78 is 5.14. The van der Waals surface area contributed by atoms with Crippen molar-refractivity contribution in [1.82, 2.24) is 10.6 Å². The lowest BCUT2D eigenvalue weighted by molar-refractivity contribution is -0.127. The number of hydrogen-bond donors (Lipinski definition) is 2. The van der Waals surface area contributed by atoms with Crippen LogP contribution >= 0.6 is 0 Å². The van der Waals surface area contributed by atoms with E-state index in [9.17, 15) is 19.2 Å². The number of hydrogen-bond acceptors (Lipinski definition) is 5. The van der Waals surface area contributed by atoms with E-state index in [1.807, 2.05) is 19.1 Å². The molecule has 0 aliphatic heterocycles. The van der Waals surface area contributed by atoms with E-state index in [-0.39, 0.29) is 16.9 Å². The molecule has 0 aliphatic rings. The molecule has 7 nitrogen and oxygen atoms in total. The van der Waals surface area contributed by atoms with Crippen LogP contribution in [0.1, 0.15) is 45.7 Å². The number of nitrogens with one attached hydrogen (secondary N) is 2. The third kappa shape index (κ3) is 5.26. The van der Waals surface area contributed by atoms with Crippen LogP contribution in [-0.4, -0.2) is 36.3 Å². The highest BCUT2D eigenvalue weighted by molar-refractivity contribution is 6.14. The lowest BCUT2D eigenvalue weighted by atomic mass is 9.98. The molecule has 2 rings (SSSR count). The molecule has 0 aromatic heterocycles. The SMILES string of the molecule is CCNC(=O)NC(=O)C(C)OC(=O)c1ccccc1C(=O)c1ccc(C)cc1. The van der Waals surface area contributed by atoms with Crippen molar-refractivity contribution in [3.8, 4) is 0 Å². The van der Waals surface area contributed by atoms with Gasteiger partial charge in [0.1, 0.15) is 0 Å².